The second-order valence-electron chi connectivity index (χ2n) is 8.39. The lowest BCUT2D eigenvalue weighted by atomic mass is 9.67. The fourth-order valence-electron chi connectivity index (χ4n) is 4.30. The molecule has 0 radical (unpaired) electrons. The van der Waals surface area contributed by atoms with Crippen molar-refractivity contribution in [2.45, 2.75) is 44.6 Å². The molecule has 0 saturated heterocycles. The minimum atomic E-state index is 0. The number of benzene rings is 1. The summed E-state index contributed by atoms with van der Waals surface area (Å²) in [4.78, 5) is 5.02. The number of hydrogen-bond donors (Lipinski definition) is 2. The predicted molar refractivity (Wildman–Crippen MR) is 133 cm³/mol. The van der Waals surface area contributed by atoms with Crippen molar-refractivity contribution in [2.24, 2.45) is 10.4 Å². The second-order valence-corrected chi connectivity index (χ2v) is 8.39. The first-order valence-corrected chi connectivity index (χ1v) is 11.1. The summed E-state index contributed by atoms with van der Waals surface area (Å²) in [7, 11) is 1.78. The van der Waals surface area contributed by atoms with E-state index >= 15 is 0 Å². The molecular weight excluding hydrogens is 505 g/mol. The Labute approximate surface area is 202 Å². The monoisotopic (exact) mass is 539 g/mol. The van der Waals surface area contributed by atoms with Gasteiger partial charge in [0.2, 0.25) is 0 Å². The number of nitrogens with zero attached hydrogens (tertiary/aromatic N) is 1. The first kappa shape index (κ1) is 23.9. The van der Waals surface area contributed by atoms with Crippen molar-refractivity contribution >= 4 is 29.9 Å². The van der Waals surface area contributed by atoms with E-state index in [1.807, 2.05) is 24.3 Å². The highest BCUT2D eigenvalue weighted by Gasteiger charge is 2.36. The van der Waals surface area contributed by atoms with Gasteiger partial charge in [0.15, 0.2) is 5.96 Å². The van der Waals surface area contributed by atoms with Gasteiger partial charge in [0.1, 0.15) is 11.5 Å². The van der Waals surface area contributed by atoms with Crippen LogP contribution in [0, 0.1) is 5.41 Å². The lowest BCUT2D eigenvalue weighted by Gasteiger charge is -2.41. The largest absolute Gasteiger partial charge is 0.493 e. The van der Waals surface area contributed by atoms with Gasteiger partial charge in [-0.25, -0.2) is 0 Å². The number of fused-ring (bicyclic) bond motifs is 1. The molecule has 2 N–H and O–H groups in total. The van der Waals surface area contributed by atoms with Gasteiger partial charge in [-0.2, -0.15) is 0 Å². The highest BCUT2D eigenvalue weighted by Crippen LogP contribution is 2.44. The zero-order valence-electron chi connectivity index (χ0n) is 18.3. The molecule has 1 atom stereocenters. The number of methoxy groups -OCH3 is 1. The zero-order valence-corrected chi connectivity index (χ0v) is 20.6. The minimum absolute atomic E-state index is 0. The van der Waals surface area contributed by atoms with Crippen molar-refractivity contribution in [1.82, 2.24) is 10.6 Å². The molecule has 1 aromatic heterocycles. The highest BCUT2D eigenvalue weighted by molar-refractivity contribution is 14.0. The Morgan fingerprint density at radius 3 is 2.84 bits per heavy atom. The van der Waals surface area contributed by atoms with E-state index in [1.54, 1.807) is 13.4 Å². The maximum absolute atomic E-state index is 5.82. The molecular formula is C24H34IN3O3. The molecule has 1 aliphatic carbocycles. The molecule has 2 aromatic rings. The number of hydrogen-bond acceptors (Lipinski definition) is 4. The molecule has 1 aliphatic heterocycles. The van der Waals surface area contributed by atoms with E-state index in [1.165, 1.54) is 24.8 Å². The van der Waals surface area contributed by atoms with Gasteiger partial charge in [0.25, 0.3) is 0 Å². The van der Waals surface area contributed by atoms with Crippen molar-refractivity contribution in [1.29, 1.82) is 0 Å². The van der Waals surface area contributed by atoms with Gasteiger partial charge in [-0.3, -0.25) is 4.99 Å². The molecule has 0 amide bonds. The van der Waals surface area contributed by atoms with Gasteiger partial charge in [-0.15, -0.1) is 24.0 Å². The molecule has 2 heterocycles. The first-order chi connectivity index (χ1) is 14.8. The molecule has 1 unspecified atom stereocenters. The lowest BCUT2D eigenvalue weighted by molar-refractivity contribution is 0.0778. The third-order valence-corrected chi connectivity index (χ3v) is 6.34. The zero-order chi connectivity index (χ0) is 20.7. The van der Waals surface area contributed by atoms with E-state index in [2.05, 4.69) is 22.8 Å². The summed E-state index contributed by atoms with van der Waals surface area (Å²) in [5, 5.41) is 7.19. The maximum atomic E-state index is 5.82. The van der Waals surface area contributed by atoms with Gasteiger partial charge in [-0.05, 0) is 42.9 Å². The average Bonchev–Trinajstić information content (AvgIpc) is 3.26. The average molecular weight is 539 g/mol. The van der Waals surface area contributed by atoms with Crippen LogP contribution < -0.4 is 15.4 Å². The van der Waals surface area contributed by atoms with Crippen LogP contribution in [0.5, 0.6) is 5.75 Å². The highest BCUT2D eigenvalue weighted by atomic mass is 127. The van der Waals surface area contributed by atoms with Gasteiger partial charge >= 0.3 is 0 Å². The van der Waals surface area contributed by atoms with Crippen LogP contribution in [0.1, 0.15) is 49.5 Å². The summed E-state index contributed by atoms with van der Waals surface area (Å²) in [6.07, 6.45) is 8.31. The first-order valence-electron chi connectivity index (χ1n) is 11.1. The topological polar surface area (TPSA) is 68.0 Å². The summed E-state index contributed by atoms with van der Waals surface area (Å²) in [6, 6.07) is 12.4. The maximum Gasteiger partial charge on any atom is 0.191 e. The third kappa shape index (κ3) is 6.38. The van der Waals surface area contributed by atoms with Crippen molar-refractivity contribution in [3.05, 3.63) is 54.0 Å². The van der Waals surface area contributed by atoms with Crippen LogP contribution in [0.3, 0.4) is 0 Å². The van der Waals surface area contributed by atoms with Crippen LogP contribution in [-0.4, -0.2) is 39.4 Å². The van der Waals surface area contributed by atoms with Crippen LogP contribution in [0.15, 0.2) is 52.1 Å². The van der Waals surface area contributed by atoms with E-state index in [9.17, 15) is 0 Å². The summed E-state index contributed by atoms with van der Waals surface area (Å²) in [5.41, 5.74) is 1.49. The minimum Gasteiger partial charge on any atom is -0.493 e. The Balaban J connectivity index is 0.00000272. The third-order valence-electron chi connectivity index (χ3n) is 6.34. The molecule has 0 spiro atoms. The fourth-order valence-corrected chi connectivity index (χ4v) is 4.30. The van der Waals surface area contributed by atoms with E-state index in [0.29, 0.717) is 12.0 Å². The summed E-state index contributed by atoms with van der Waals surface area (Å²) >= 11 is 0. The quantitative estimate of drug-likeness (QED) is 0.275. The Bertz CT molecular complexity index is 821. The van der Waals surface area contributed by atoms with Crippen molar-refractivity contribution in [2.75, 3.05) is 33.4 Å². The van der Waals surface area contributed by atoms with E-state index < -0.39 is 0 Å². The number of ether oxygens (including phenoxy) is 2. The Kier molecular flexibility index (Phi) is 9.07. The molecule has 2 aliphatic rings. The molecule has 1 saturated carbocycles. The standard InChI is InChI=1S/C24H33N3O3.HI/c1-28-17-13-24(11-5-12-24)18-26-23(25-14-9-19-6-4-15-29-19)27-21-10-16-30-22-8-3-2-7-20(21)22;/h2-4,6-8,15,21H,5,9-14,16-18H2,1H3,(H2,25,26,27);1H. The Morgan fingerprint density at radius 1 is 1.23 bits per heavy atom. The van der Waals surface area contributed by atoms with Crippen LogP contribution >= 0.6 is 24.0 Å². The summed E-state index contributed by atoms with van der Waals surface area (Å²) in [5.74, 6) is 2.81. The number of halogens is 1. The number of furan rings is 1. The molecule has 7 heteroatoms. The second kappa shape index (κ2) is 11.8. The molecule has 1 aromatic carbocycles. The van der Waals surface area contributed by atoms with Crippen molar-refractivity contribution in [3.8, 4) is 5.75 Å². The van der Waals surface area contributed by atoms with Crippen LogP contribution in [0.2, 0.25) is 0 Å². The van der Waals surface area contributed by atoms with Crippen LogP contribution in [-0.2, 0) is 11.2 Å². The summed E-state index contributed by atoms with van der Waals surface area (Å²) < 4.78 is 16.6. The smallest absolute Gasteiger partial charge is 0.191 e. The number of rotatable bonds is 9. The van der Waals surface area contributed by atoms with Gasteiger partial charge in [-0.1, -0.05) is 24.6 Å². The van der Waals surface area contributed by atoms with E-state index in [0.717, 1.165) is 56.4 Å². The van der Waals surface area contributed by atoms with Gasteiger partial charge < -0.3 is 24.5 Å². The number of aliphatic imine (C=N–C) groups is 1. The molecule has 0 bridgehead atoms. The molecule has 6 nitrogen and oxygen atoms in total. The normalized spacial score (nSPS) is 19.4. The van der Waals surface area contributed by atoms with Crippen LogP contribution in [0.25, 0.3) is 0 Å². The van der Waals surface area contributed by atoms with E-state index in [4.69, 9.17) is 18.9 Å². The Hall–Kier alpha value is -1.74. The number of para-hydroxylation sites is 1. The molecule has 1 fully saturated rings. The number of nitrogens with one attached hydrogen (secondary N) is 2. The van der Waals surface area contributed by atoms with Crippen molar-refractivity contribution < 1.29 is 13.9 Å². The Morgan fingerprint density at radius 2 is 2.10 bits per heavy atom. The van der Waals surface area contributed by atoms with Crippen LogP contribution in [0.4, 0.5) is 0 Å². The van der Waals surface area contributed by atoms with Crippen molar-refractivity contribution in [3.63, 3.8) is 0 Å². The fraction of sp³-hybridized carbons (Fsp3) is 0.542. The van der Waals surface area contributed by atoms with Gasteiger partial charge in [0, 0.05) is 45.2 Å². The van der Waals surface area contributed by atoms with E-state index in [-0.39, 0.29) is 30.0 Å². The lowest BCUT2D eigenvalue weighted by Crippen LogP contribution is -2.43. The SMILES string of the molecule is COCCC1(CN=C(NCCc2ccco2)NC2CCOc3ccccc32)CCC1.I. The summed E-state index contributed by atoms with van der Waals surface area (Å²) in [6.45, 7) is 3.12. The molecule has 170 valence electrons. The molecule has 4 rings (SSSR count). The predicted octanol–water partition coefficient (Wildman–Crippen LogP) is 4.71. The molecule has 31 heavy (non-hydrogen) atoms. The number of guanidine groups is 1. The van der Waals surface area contributed by atoms with Gasteiger partial charge in [0.05, 0.1) is 18.9 Å².